The first kappa shape index (κ1) is 21.4. The van der Waals surface area contributed by atoms with Gasteiger partial charge in [0.05, 0.1) is 11.1 Å². The minimum atomic E-state index is -0.139. The van der Waals surface area contributed by atoms with Gasteiger partial charge in [0, 0.05) is 17.6 Å². The van der Waals surface area contributed by atoms with E-state index in [4.69, 9.17) is 4.74 Å². The molecule has 5 rings (SSSR count). The van der Waals surface area contributed by atoms with Crippen LogP contribution in [0.15, 0.2) is 34.9 Å². The highest BCUT2D eigenvalue weighted by Gasteiger charge is 2.22. The van der Waals surface area contributed by atoms with Crippen molar-refractivity contribution in [3.8, 4) is 11.1 Å². The first-order valence-electron chi connectivity index (χ1n) is 10.3. The van der Waals surface area contributed by atoms with Gasteiger partial charge in [0.1, 0.15) is 27.3 Å². The number of ether oxygens (including phenoxy) is 1. The second-order valence-corrected chi connectivity index (χ2v) is 10.4. The molecule has 164 valence electrons. The van der Waals surface area contributed by atoms with Crippen LogP contribution in [-0.2, 0) is 9.53 Å². The highest BCUT2D eigenvalue weighted by atomic mass is 32.2. The van der Waals surface area contributed by atoms with Crippen LogP contribution in [0, 0.1) is 13.8 Å². The van der Waals surface area contributed by atoms with Gasteiger partial charge in [-0.15, -0.1) is 21.5 Å². The van der Waals surface area contributed by atoms with Crippen LogP contribution >= 0.6 is 34.4 Å². The van der Waals surface area contributed by atoms with Gasteiger partial charge >= 0.3 is 0 Å². The lowest BCUT2D eigenvalue weighted by molar-refractivity contribution is -0.113. The van der Waals surface area contributed by atoms with Crippen molar-refractivity contribution in [1.29, 1.82) is 0 Å². The Morgan fingerprint density at radius 3 is 2.97 bits per heavy atom. The topological polar surface area (TPSA) is 89.9 Å². The number of benzene rings is 1. The number of hydrogen-bond acceptors (Lipinski definition) is 9. The second kappa shape index (κ2) is 9.22. The number of aromatic nitrogens is 4. The third-order valence-electron chi connectivity index (χ3n) is 5.39. The van der Waals surface area contributed by atoms with Crippen LogP contribution in [0.1, 0.15) is 35.1 Å². The molecule has 10 heteroatoms. The molecular weight excluding hydrogens is 462 g/mol. The van der Waals surface area contributed by atoms with Gasteiger partial charge in [0.2, 0.25) is 11.0 Å². The SMILES string of the molecule is Cc1ccc(-c2csc3ncnc(SCC(=O)Nc4nnc(C5CCCO5)s4)c23)cc1C. The maximum Gasteiger partial charge on any atom is 0.236 e. The number of fused-ring (bicyclic) bond motifs is 1. The van der Waals surface area contributed by atoms with E-state index in [1.165, 1.54) is 34.2 Å². The lowest BCUT2D eigenvalue weighted by atomic mass is 10.0. The summed E-state index contributed by atoms with van der Waals surface area (Å²) in [4.78, 5) is 22.4. The van der Waals surface area contributed by atoms with Crippen LogP contribution in [0.3, 0.4) is 0 Å². The van der Waals surface area contributed by atoms with Crippen molar-refractivity contribution in [2.24, 2.45) is 0 Å². The number of thiophene rings is 1. The Hall–Kier alpha value is -2.40. The molecule has 1 N–H and O–H groups in total. The molecule has 1 aromatic carbocycles. The summed E-state index contributed by atoms with van der Waals surface area (Å²) in [5.74, 6) is 0.0863. The Morgan fingerprint density at radius 1 is 1.25 bits per heavy atom. The minimum Gasteiger partial charge on any atom is -0.371 e. The van der Waals surface area contributed by atoms with Gasteiger partial charge in [-0.1, -0.05) is 41.3 Å². The van der Waals surface area contributed by atoms with Gasteiger partial charge in [-0.2, -0.15) is 0 Å². The van der Waals surface area contributed by atoms with E-state index in [1.54, 1.807) is 17.7 Å². The van der Waals surface area contributed by atoms with Crippen molar-refractivity contribution in [2.75, 3.05) is 17.7 Å². The van der Waals surface area contributed by atoms with Crippen molar-refractivity contribution in [1.82, 2.24) is 20.2 Å². The van der Waals surface area contributed by atoms with Gasteiger partial charge in [-0.05, 0) is 43.4 Å². The standard InChI is InChI=1S/C22H21N5O2S3/c1-12-5-6-14(8-13(12)2)15-9-30-20-18(15)21(24-11-23-20)31-10-17(28)25-22-27-26-19(32-22)16-4-3-7-29-16/h5-6,8-9,11,16H,3-4,7,10H2,1-2H3,(H,25,27,28). The number of nitrogens with zero attached hydrogens (tertiary/aromatic N) is 4. The van der Waals surface area contributed by atoms with E-state index in [1.807, 2.05) is 0 Å². The monoisotopic (exact) mass is 483 g/mol. The zero-order valence-electron chi connectivity index (χ0n) is 17.6. The van der Waals surface area contributed by atoms with Crippen molar-refractivity contribution in [2.45, 2.75) is 37.8 Å². The van der Waals surface area contributed by atoms with Crippen LogP contribution in [0.25, 0.3) is 21.3 Å². The predicted octanol–water partition coefficient (Wildman–Crippen LogP) is 5.41. The summed E-state index contributed by atoms with van der Waals surface area (Å²) in [6, 6.07) is 6.44. The fourth-order valence-electron chi connectivity index (χ4n) is 3.56. The number of hydrogen-bond donors (Lipinski definition) is 1. The Bertz CT molecular complexity index is 1280. The first-order valence-corrected chi connectivity index (χ1v) is 12.9. The molecule has 0 radical (unpaired) electrons. The number of aryl methyl sites for hydroxylation is 2. The van der Waals surface area contributed by atoms with E-state index in [0.717, 1.165) is 50.8 Å². The fourth-order valence-corrected chi connectivity index (χ4v) is 6.19. The predicted molar refractivity (Wildman–Crippen MR) is 130 cm³/mol. The highest BCUT2D eigenvalue weighted by Crippen LogP contribution is 2.38. The summed E-state index contributed by atoms with van der Waals surface area (Å²) >= 11 is 4.37. The molecular formula is C22H21N5O2S3. The number of rotatable bonds is 6. The molecule has 4 heterocycles. The molecule has 0 aliphatic carbocycles. The molecule has 0 bridgehead atoms. The van der Waals surface area contributed by atoms with Gasteiger partial charge in [-0.3, -0.25) is 10.1 Å². The first-order chi connectivity index (χ1) is 15.6. The molecule has 1 saturated heterocycles. The van der Waals surface area contributed by atoms with E-state index in [0.29, 0.717) is 5.13 Å². The van der Waals surface area contributed by atoms with Crippen LogP contribution in [0.5, 0.6) is 0 Å². The molecule has 0 spiro atoms. The van der Waals surface area contributed by atoms with E-state index >= 15 is 0 Å². The summed E-state index contributed by atoms with van der Waals surface area (Å²) in [6.07, 6.45) is 3.54. The highest BCUT2D eigenvalue weighted by molar-refractivity contribution is 8.00. The summed E-state index contributed by atoms with van der Waals surface area (Å²) in [7, 11) is 0. The van der Waals surface area contributed by atoms with Gasteiger partial charge in [-0.25, -0.2) is 9.97 Å². The van der Waals surface area contributed by atoms with Crippen molar-refractivity contribution in [3.05, 3.63) is 46.0 Å². The molecule has 7 nitrogen and oxygen atoms in total. The number of carbonyl (C=O) groups excluding carboxylic acids is 1. The van der Waals surface area contributed by atoms with Gasteiger partial charge < -0.3 is 4.74 Å². The summed E-state index contributed by atoms with van der Waals surface area (Å²) < 4.78 is 5.64. The third-order valence-corrected chi connectivity index (χ3v) is 8.19. The molecule has 32 heavy (non-hydrogen) atoms. The maximum atomic E-state index is 12.6. The number of anilines is 1. The zero-order chi connectivity index (χ0) is 22.1. The molecule has 1 amide bonds. The fraction of sp³-hybridized carbons (Fsp3) is 0.318. The Morgan fingerprint density at radius 2 is 2.16 bits per heavy atom. The molecule has 1 atom stereocenters. The summed E-state index contributed by atoms with van der Waals surface area (Å²) in [5, 5.41) is 16.3. The molecule has 0 saturated carbocycles. The van der Waals surface area contributed by atoms with Gasteiger partial charge in [0.15, 0.2) is 0 Å². The second-order valence-electron chi connectivity index (χ2n) is 7.59. The molecule has 3 aromatic heterocycles. The van der Waals surface area contributed by atoms with Crippen molar-refractivity contribution < 1.29 is 9.53 Å². The largest absolute Gasteiger partial charge is 0.371 e. The maximum absolute atomic E-state index is 12.6. The number of thioether (sulfide) groups is 1. The van der Waals surface area contributed by atoms with Crippen LogP contribution < -0.4 is 5.32 Å². The molecule has 1 aliphatic rings. The van der Waals surface area contributed by atoms with E-state index in [2.05, 4.69) is 62.9 Å². The quantitative estimate of drug-likeness (QED) is 0.290. The smallest absolute Gasteiger partial charge is 0.236 e. The summed E-state index contributed by atoms with van der Waals surface area (Å²) in [6.45, 7) is 4.97. The van der Waals surface area contributed by atoms with Gasteiger partial charge in [0.25, 0.3) is 0 Å². The number of amides is 1. The van der Waals surface area contributed by atoms with Crippen LogP contribution in [-0.4, -0.2) is 38.4 Å². The molecule has 1 aliphatic heterocycles. The number of carbonyl (C=O) groups is 1. The average Bonchev–Trinajstić information content (AvgIpc) is 3.54. The van der Waals surface area contributed by atoms with Crippen molar-refractivity contribution in [3.63, 3.8) is 0 Å². The average molecular weight is 484 g/mol. The lowest BCUT2D eigenvalue weighted by Gasteiger charge is -2.07. The Balaban J connectivity index is 1.31. The Labute approximate surface area is 197 Å². The van der Waals surface area contributed by atoms with Crippen LogP contribution in [0.2, 0.25) is 0 Å². The molecule has 4 aromatic rings. The number of nitrogens with one attached hydrogen (secondary N) is 1. The minimum absolute atomic E-state index is 0.00394. The van der Waals surface area contributed by atoms with Crippen molar-refractivity contribution >= 4 is 55.7 Å². The molecule has 1 unspecified atom stereocenters. The van der Waals surface area contributed by atoms with E-state index in [-0.39, 0.29) is 17.8 Å². The zero-order valence-corrected chi connectivity index (χ0v) is 20.1. The normalized spacial score (nSPS) is 16.0. The Kier molecular flexibility index (Phi) is 6.18. The van der Waals surface area contributed by atoms with Crippen LogP contribution in [0.4, 0.5) is 5.13 Å². The lowest BCUT2D eigenvalue weighted by Crippen LogP contribution is -2.14. The summed E-state index contributed by atoms with van der Waals surface area (Å²) in [5.41, 5.74) is 4.74. The molecule has 1 fully saturated rings. The van der Waals surface area contributed by atoms with E-state index in [9.17, 15) is 4.79 Å². The third kappa shape index (κ3) is 4.40. The van der Waals surface area contributed by atoms with E-state index < -0.39 is 0 Å².